The van der Waals surface area contributed by atoms with Crippen molar-refractivity contribution in [3.8, 4) is 6.07 Å². The molecule has 2 rings (SSSR count). The monoisotopic (exact) mass is 285 g/mol. The van der Waals surface area contributed by atoms with Crippen molar-refractivity contribution in [1.82, 2.24) is 4.90 Å². The van der Waals surface area contributed by atoms with Crippen molar-refractivity contribution < 1.29 is 4.79 Å². The summed E-state index contributed by atoms with van der Waals surface area (Å²) in [6.07, 6.45) is 1.23. The second kappa shape index (κ2) is 6.73. The molecule has 0 spiro atoms. The van der Waals surface area contributed by atoms with Crippen LogP contribution >= 0.6 is 0 Å². The minimum atomic E-state index is 0.00728. The lowest BCUT2D eigenvalue weighted by Crippen LogP contribution is -2.48. The normalized spacial score (nSPS) is 26.1. The van der Waals surface area contributed by atoms with E-state index in [1.54, 1.807) is 24.3 Å². The van der Waals surface area contributed by atoms with Gasteiger partial charge in [0, 0.05) is 18.3 Å². The molecule has 1 N–H and O–H groups in total. The van der Waals surface area contributed by atoms with Gasteiger partial charge in [-0.05, 0) is 49.4 Å². The molecule has 0 saturated carbocycles. The average molecular weight is 285 g/mol. The number of amides is 1. The molecule has 0 aliphatic carbocycles. The summed E-state index contributed by atoms with van der Waals surface area (Å²) in [5.41, 5.74) is 1.34. The van der Waals surface area contributed by atoms with Crippen LogP contribution in [0.3, 0.4) is 0 Å². The van der Waals surface area contributed by atoms with E-state index in [-0.39, 0.29) is 5.91 Å². The van der Waals surface area contributed by atoms with Crippen LogP contribution in [-0.4, -0.2) is 29.9 Å². The third-order valence-electron chi connectivity index (χ3n) is 4.36. The summed E-state index contributed by atoms with van der Waals surface area (Å²) < 4.78 is 0. The third-order valence-corrected chi connectivity index (χ3v) is 4.36. The summed E-state index contributed by atoms with van der Waals surface area (Å²) in [6.45, 7) is 8.10. The number of rotatable bonds is 3. The van der Waals surface area contributed by atoms with Gasteiger partial charge in [0.15, 0.2) is 0 Å². The molecule has 112 valence electrons. The molecule has 1 fully saturated rings. The molecule has 1 heterocycles. The van der Waals surface area contributed by atoms with E-state index < -0.39 is 0 Å². The molecule has 1 saturated heterocycles. The van der Waals surface area contributed by atoms with Gasteiger partial charge < -0.3 is 5.32 Å². The minimum Gasteiger partial charge on any atom is -0.325 e. The minimum absolute atomic E-state index is 0.00728. The molecule has 4 nitrogen and oxygen atoms in total. The molecule has 1 aromatic rings. The molecule has 1 amide bonds. The Bertz CT molecular complexity index is 532. The molecule has 0 bridgehead atoms. The Morgan fingerprint density at radius 2 is 2.00 bits per heavy atom. The van der Waals surface area contributed by atoms with Gasteiger partial charge in [0.25, 0.3) is 0 Å². The second-order valence-electron chi connectivity index (χ2n) is 6.23. The van der Waals surface area contributed by atoms with Gasteiger partial charge in [-0.25, -0.2) is 0 Å². The number of nitrogens with one attached hydrogen (secondary N) is 1. The first-order valence-electron chi connectivity index (χ1n) is 7.53. The zero-order valence-corrected chi connectivity index (χ0v) is 13.0. The number of nitrogens with zero attached hydrogens (tertiary/aromatic N) is 2. The third kappa shape index (κ3) is 4.05. The summed E-state index contributed by atoms with van der Waals surface area (Å²) in [5, 5.41) is 11.7. The Balaban J connectivity index is 1.93. The topological polar surface area (TPSA) is 56.1 Å². The van der Waals surface area contributed by atoms with Gasteiger partial charge in [-0.3, -0.25) is 9.69 Å². The lowest BCUT2D eigenvalue weighted by molar-refractivity contribution is -0.118. The number of nitriles is 1. The fourth-order valence-electron chi connectivity index (χ4n) is 3.05. The number of hydrogen-bond acceptors (Lipinski definition) is 3. The van der Waals surface area contributed by atoms with E-state index in [2.05, 4.69) is 37.1 Å². The Morgan fingerprint density at radius 1 is 1.33 bits per heavy atom. The number of carbonyl (C=O) groups excluding carboxylic acids is 1. The number of hydrogen-bond donors (Lipinski definition) is 1. The predicted molar refractivity (Wildman–Crippen MR) is 83.8 cm³/mol. The number of likely N-dealkylation sites (tertiary alicyclic amines) is 1. The van der Waals surface area contributed by atoms with Crippen LogP contribution in [-0.2, 0) is 4.79 Å². The van der Waals surface area contributed by atoms with Crippen LogP contribution in [0.15, 0.2) is 24.3 Å². The van der Waals surface area contributed by atoms with Crippen LogP contribution < -0.4 is 5.32 Å². The van der Waals surface area contributed by atoms with Gasteiger partial charge >= 0.3 is 0 Å². The first-order valence-corrected chi connectivity index (χ1v) is 7.53. The fraction of sp³-hybridized carbons (Fsp3) is 0.529. The predicted octanol–water partition coefficient (Wildman–Crippen LogP) is 2.86. The molecule has 1 aliphatic rings. The lowest BCUT2D eigenvalue weighted by atomic mass is 9.86. The first kappa shape index (κ1) is 15.5. The standard InChI is InChI=1S/C17H23N3O/c1-12-8-13(2)14(3)20(10-12)11-17(21)19-16-6-4-15(9-18)5-7-16/h4-7,12-14H,8,10-11H2,1-3H3,(H,19,21). The Morgan fingerprint density at radius 3 is 2.62 bits per heavy atom. The maximum Gasteiger partial charge on any atom is 0.238 e. The molecular formula is C17H23N3O. The second-order valence-corrected chi connectivity index (χ2v) is 6.23. The van der Waals surface area contributed by atoms with Crippen molar-refractivity contribution in [3.05, 3.63) is 29.8 Å². The van der Waals surface area contributed by atoms with Crippen molar-refractivity contribution in [1.29, 1.82) is 5.26 Å². The summed E-state index contributed by atoms with van der Waals surface area (Å²) in [6, 6.07) is 9.46. The van der Waals surface area contributed by atoms with E-state index in [4.69, 9.17) is 5.26 Å². The van der Waals surface area contributed by atoms with Crippen molar-refractivity contribution in [2.75, 3.05) is 18.4 Å². The summed E-state index contributed by atoms with van der Waals surface area (Å²) >= 11 is 0. The summed E-state index contributed by atoms with van der Waals surface area (Å²) in [4.78, 5) is 14.4. The highest BCUT2D eigenvalue weighted by Gasteiger charge is 2.29. The van der Waals surface area contributed by atoms with Crippen LogP contribution in [0.1, 0.15) is 32.8 Å². The highest BCUT2D eigenvalue weighted by atomic mass is 16.2. The van der Waals surface area contributed by atoms with Crippen molar-refractivity contribution in [2.24, 2.45) is 11.8 Å². The molecule has 3 unspecified atom stereocenters. The summed E-state index contributed by atoms with van der Waals surface area (Å²) in [5.74, 6) is 1.27. The van der Waals surface area contributed by atoms with E-state index in [9.17, 15) is 4.79 Å². The summed E-state index contributed by atoms with van der Waals surface area (Å²) in [7, 11) is 0. The molecule has 3 atom stereocenters. The van der Waals surface area contributed by atoms with E-state index >= 15 is 0 Å². The highest BCUT2D eigenvalue weighted by molar-refractivity contribution is 5.92. The van der Waals surface area contributed by atoms with Crippen molar-refractivity contribution >= 4 is 11.6 Å². The van der Waals surface area contributed by atoms with Gasteiger partial charge in [0.2, 0.25) is 5.91 Å². The van der Waals surface area contributed by atoms with E-state index in [1.165, 1.54) is 6.42 Å². The molecule has 0 aromatic heterocycles. The number of piperidine rings is 1. The van der Waals surface area contributed by atoms with Crippen LogP contribution in [0.2, 0.25) is 0 Å². The van der Waals surface area contributed by atoms with Gasteiger partial charge in [0.1, 0.15) is 0 Å². The molecule has 1 aliphatic heterocycles. The Labute approximate surface area is 126 Å². The van der Waals surface area contributed by atoms with E-state index in [0.717, 1.165) is 12.2 Å². The smallest absolute Gasteiger partial charge is 0.238 e. The van der Waals surface area contributed by atoms with Crippen molar-refractivity contribution in [3.63, 3.8) is 0 Å². The molecule has 21 heavy (non-hydrogen) atoms. The van der Waals surface area contributed by atoms with Crippen LogP contribution in [0.5, 0.6) is 0 Å². The quantitative estimate of drug-likeness (QED) is 0.929. The zero-order chi connectivity index (χ0) is 15.4. The van der Waals surface area contributed by atoms with Gasteiger partial charge in [-0.15, -0.1) is 0 Å². The lowest BCUT2D eigenvalue weighted by Gasteiger charge is -2.40. The molecular weight excluding hydrogens is 262 g/mol. The van der Waals surface area contributed by atoms with Gasteiger partial charge in [-0.1, -0.05) is 13.8 Å². The van der Waals surface area contributed by atoms with E-state index in [1.807, 2.05) is 0 Å². The maximum atomic E-state index is 12.2. The van der Waals surface area contributed by atoms with E-state index in [0.29, 0.717) is 30.0 Å². The molecule has 1 aromatic carbocycles. The Kier molecular flexibility index (Phi) is 4.98. The Hall–Kier alpha value is -1.86. The SMILES string of the molecule is CC1CC(C)C(C)N(CC(=O)Nc2ccc(C#N)cc2)C1. The number of anilines is 1. The largest absolute Gasteiger partial charge is 0.325 e. The van der Waals surface area contributed by atoms with Crippen LogP contribution in [0, 0.1) is 23.2 Å². The maximum absolute atomic E-state index is 12.2. The highest BCUT2D eigenvalue weighted by Crippen LogP contribution is 2.26. The van der Waals surface area contributed by atoms with Gasteiger partial charge in [0.05, 0.1) is 18.2 Å². The fourth-order valence-corrected chi connectivity index (χ4v) is 3.05. The first-order chi connectivity index (χ1) is 9.99. The zero-order valence-electron chi connectivity index (χ0n) is 13.0. The van der Waals surface area contributed by atoms with Gasteiger partial charge in [-0.2, -0.15) is 5.26 Å². The number of benzene rings is 1. The van der Waals surface area contributed by atoms with Crippen LogP contribution in [0.4, 0.5) is 5.69 Å². The number of carbonyl (C=O) groups is 1. The molecule has 0 radical (unpaired) electrons. The molecule has 4 heteroatoms. The average Bonchev–Trinajstić information content (AvgIpc) is 2.45. The van der Waals surface area contributed by atoms with Crippen molar-refractivity contribution in [2.45, 2.75) is 33.2 Å². The van der Waals surface area contributed by atoms with Crippen LogP contribution in [0.25, 0.3) is 0 Å².